The van der Waals surface area contributed by atoms with E-state index in [2.05, 4.69) is 0 Å². The Morgan fingerprint density at radius 1 is 1.30 bits per heavy atom. The zero-order valence-electron chi connectivity index (χ0n) is 12.5. The Bertz CT molecular complexity index is 431. The summed E-state index contributed by atoms with van der Waals surface area (Å²) in [6, 6.07) is 5.53. The molecule has 0 fully saturated rings. The third kappa shape index (κ3) is 4.42. The Hall–Kier alpha value is -1.75. The van der Waals surface area contributed by atoms with Gasteiger partial charge in [0, 0.05) is 13.1 Å². The first-order chi connectivity index (χ1) is 9.65. The molecule has 112 valence electrons. The molecule has 0 atom stereocenters. The molecule has 0 saturated heterocycles. The van der Waals surface area contributed by atoms with E-state index in [1.54, 1.807) is 12.0 Å². The van der Waals surface area contributed by atoms with Gasteiger partial charge in [0.05, 0.1) is 7.11 Å². The molecule has 1 aromatic rings. The molecule has 1 rings (SSSR count). The lowest BCUT2D eigenvalue weighted by Crippen LogP contribution is -2.34. The van der Waals surface area contributed by atoms with Crippen LogP contribution in [-0.4, -0.2) is 44.2 Å². The minimum Gasteiger partial charge on any atom is -0.497 e. The molecule has 0 aliphatic carbocycles. The van der Waals surface area contributed by atoms with Gasteiger partial charge in [0.1, 0.15) is 11.5 Å². The third-order valence-corrected chi connectivity index (χ3v) is 3.15. The van der Waals surface area contributed by atoms with Crippen molar-refractivity contribution in [2.24, 2.45) is 5.73 Å². The van der Waals surface area contributed by atoms with E-state index >= 15 is 0 Å². The summed E-state index contributed by atoms with van der Waals surface area (Å²) in [6.45, 7) is 5.86. The number of nitrogens with zero attached hydrogens (tertiary/aromatic N) is 1. The standard InChI is InChI=1S/C15H24N2O3/c1-4-17(5-2)15(18)11-20-14-7-6-13(19-3)10-12(14)8-9-16/h6-7,10H,4-5,8-9,11,16H2,1-3H3. The summed E-state index contributed by atoms with van der Waals surface area (Å²) in [5, 5.41) is 0. The summed E-state index contributed by atoms with van der Waals surface area (Å²) >= 11 is 0. The fraction of sp³-hybridized carbons (Fsp3) is 0.533. The summed E-state index contributed by atoms with van der Waals surface area (Å²) in [5.41, 5.74) is 6.55. The summed E-state index contributed by atoms with van der Waals surface area (Å²) in [5.74, 6) is 1.44. The van der Waals surface area contributed by atoms with Crippen molar-refractivity contribution in [1.29, 1.82) is 0 Å². The number of hydrogen-bond acceptors (Lipinski definition) is 4. The van der Waals surface area contributed by atoms with Gasteiger partial charge < -0.3 is 20.1 Å². The number of nitrogens with two attached hydrogens (primary N) is 1. The molecule has 0 heterocycles. The Kier molecular flexibility index (Phi) is 6.87. The van der Waals surface area contributed by atoms with Crippen molar-refractivity contribution in [3.8, 4) is 11.5 Å². The fourth-order valence-corrected chi connectivity index (χ4v) is 1.98. The van der Waals surface area contributed by atoms with Gasteiger partial charge in [0.2, 0.25) is 0 Å². The van der Waals surface area contributed by atoms with Gasteiger partial charge in [0.25, 0.3) is 5.91 Å². The molecule has 0 aliphatic rings. The summed E-state index contributed by atoms with van der Waals surface area (Å²) in [6.07, 6.45) is 0.687. The van der Waals surface area contributed by atoms with E-state index < -0.39 is 0 Å². The summed E-state index contributed by atoms with van der Waals surface area (Å²) < 4.78 is 10.8. The second kappa shape index (κ2) is 8.43. The summed E-state index contributed by atoms with van der Waals surface area (Å²) in [4.78, 5) is 13.7. The normalized spacial score (nSPS) is 10.2. The molecule has 1 amide bonds. The van der Waals surface area contributed by atoms with Crippen molar-refractivity contribution in [3.05, 3.63) is 23.8 Å². The van der Waals surface area contributed by atoms with E-state index in [9.17, 15) is 4.79 Å². The van der Waals surface area contributed by atoms with Gasteiger partial charge in [-0.25, -0.2) is 0 Å². The van der Waals surface area contributed by atoms with E-state index in [-0.39, 0.29) is 12.5 Å². The number of likely N-dealkylation sites (N-methyl/N-ethyl adjacent to an activating group) is 1. The van der Waals surface area contributed by atoms with Crippen LogP contribution in [0.15, 0.2) is 18.2 Å². The zero-order chi connectivity index (χ0) is 15.0. The molecule has 5 heteroatoms. The van der Waals surface area contributed by atoms with Crippen LogP contribution in [0.3, 0.4) is 0 Å². The lowest BCUT2D eigenvalue weighted by atomic mass is 10.1. The van der Waals surface area contributed by atoms with Crippen molar-refractivity contribution in [3.63, 3.8) is 0 Å². The third-order valence-electron chi connectivity index (χ3n) is 3.15. The average molecular weight is 280 g/mol. The Labute approximate surface area is 120 Å². The SMILES string of the molecule is CCN(CC)C(=O)COc1ccc(OC)cc1CCN. The quantitative estimate of drug-likeness (QED) is 0.782. The monoisotopic (exact) mass is 280 g/mol. The highest BCUT2D eigenvalue weighted by atomic mass is 16.5. The van der Waals surface area contributed by atoms with Crippen molar-refractivity contribution < 1.29 is 14.3 Å². The van der Waals surface area contributed by atoms with Crippen LogP contribution in [0.1, 0.15) is 19.4 Å². The lowest BCUT2D eigenvalue weighted by Gasteiger charge is -2.19. The van der Waals surface area contributed by atoms with Crippen LogP contribution in [0.2, 0.25) is 0 Å². The van der Waals surface area contributed by atoms with Gasteiger partial charge in [-0.15, -0.1) is 0 Å². The number of amides is 1. The maximum absolute atomic E-state index is 11.9. The molecule has 0 aromatic heterocycles. The van der Waals surface area contributed by atoms with Gasteiger partial charge in [-0.2, -0.15) is 0 Å². The lowest BCUT2D eigenvalue weighted by molar-refractivity contribution is -0.132. The Morgan fingerprint density at radius 2 is 2.00 bits per heavy atom. The molecule has 0 spiro atoms. The largest absolute Gasteiger partial charge is 0.497 e. The number of rotatable bonds is 8. The molecule has 0 radical (unpaired) electrons. The minimum atomic E-state index is -0.00971. The first-order valence-corrected chi connectivity index (χ1v) is 6.93. The first kappa shape index (κ1) is 16.3. The minimum absolute atomic E-state index is 0.00971. The van der Waals surface area contributed by atoms with Gasteiger partial charge in [-0.05, 0) is 50.6 Å². The molecule has 1 aromatic carbocycles. The van der Waals surface area contributed by atoms with Crippen LogP contribution in [-0.2, 0) is 11.2 Å². The van der Waals surface area contributed by atoms with Gasteiger partial charge in [-0.1, -0.05) is 0 Å². The molecular formula is C15H24N2O3. The molecule has 20 heavy (non-hydrogen) atoms. The van der Waals surface area contributed by atoms with Crippen LogP contribution in [0.4, 0.5) is 0 Å². The Morgan fingerprint density at radius 3 is 2.55 bits per heavy atom. The zero-order valence-corrected chi connectivity index (χ0v) is 12.5. The second-order valence-corrected chi connectivity index (χ2v) is 4.37. The maximum Gasteiger partial charge on any atom is 0.260 e. The molecule has 5 nitrogen and oxygen atoms in total. The molecule has 0 saturated carbocycles. The second-order valence-electron chi connectivity index (χ2n) is 4.37. The predicted molar refractivity (Wildman–Crippen MR) is 79.2 cm³/mol. The van der Waals surface area contributed by atoms with E-state index in [0.29, 0.717) is 31.8 Å². The smallest absolute Gasteiger partial charge is 0.260 e. The number of hydrogen-bond donors (Lipinski definition) is 1. The molecule has 0 unspecified atom stereocenters. The van der Waals surface area contributed by atoms with E-state index in [4.69, 9.17) is 15.2 Å². The van der Waals surface area contributed by atoms with Gasteiger partial charge >= 0.3 is 0 Å². The number of carbonyl (C=O) groups excluding carboxylic acids is 1. The highest BCUT2D eigenvalue weighted by Gasteiger charge is 2.12. The van der Waals surface area contributed by atoms with Crippen molar-refractivity contribution in [2.75, 3.05) is 33.4 Å². The van der Waals surface area contributed by atoms with Crippen LogP contribution in [0.25, 0.3) is 0 Å². The van der Waals surface area contributed by atoms with Gasteiger partial charge in [-0.3, -0.25) is 4.79 Å². The topological polar surface area (TPSA) is 64.8 Å². The fourth-order valence-electron chi connectivity index (χ4n) is 1.98. The summed E-state index contributed by atoms with van der Waals surface area (Å²) in [7, 11) is 1.62. The number of benzene rings is 1. The first-order valence-electron chi connectivity index (χ1n) is 6.93. The molecule has 0 bridgehead atoms. The van der Waals surface area contributed by atoms with Crippen molar-refractivity contribution >= 4 is 5.91 Å². The van der Waals surface area contributed by atoms with Crippen LogP contribution in [0, 0.1) is 0 Å². The molecular weight excluding hydrogens is 256 g/mol. The number of carbonyl (C=O) groups is 1. The van der Waals surface area contributed by atoms with Crippen LogP contribution in [0.5, 0.6) is 11.5 Å². The highest BCUT2D eigenvalue weighted by Crippen LogP contribution is 2.24. The molecule has 0 aliphatic heterocycles. The number of ether oxygens (including phenoxy) is 2. The van der Waals surface area contributed by atoms with E-state index in [0.717, 1.165) is 11.3 Å². The Balaban J connectivity index is 2.73. The van der Waals surface area contributed by atoms with Gasteiger partial charge in [0.15, 0.2) is 6.61 Å². The van der Waals surface area contributed by atoms with Crippen LogP contribution < -0.4 is 15.2 Å². The van der Waals surface area contributed by atoms with Crippen LogP contribution >= 0.6 is 0 Å². The average Bonchev–Trinajstić information content (AvgIpc) is 2.47. The van der Waals surface area contributed by atoms with Crippen molar-refractivity contribution in [1.82, 2.24) is 4.90 Å². The maximum atomic E-state index is 11.9. The van der Waals surface area contributed by atoms with Crippen molar-refractivity contribution in [2.45, 2.75) is 20.3 Å². The number of methoxy groups -OCH3 is 1. The molecule has 2 N–H and O–H groups in total. The van der Waals surface area contributed by atoms with E-state index in [1.165, 1.54) is 0 Å². The van der Waals surface area contributed by atoms with E-state index in [1.807, 2.05) is 32.0 Å². The predicted octanol–water partition coefficient (Wildman–Crippen LogP) is 1.44. The highest BCUT2D eigenvalue weighted by molar-refractivity contribution is 5.77.